The van der Waals surface area contributed by atoms with Gasteiger partial charge in [-0.25, -0.2) is 0 Å². The number of hydrogen-bond acceptors (Lipinski definition) is 8. The second kappa shape index (κ2) is 10.1. The van der Waals surface area contributed by atoms with Crippen molar-refractivity contribution in [2.24, 2.45) is 0 Å². The van der Waals surface area contributed by atoms with E-state index in [0.29, 0.717) is 51.0 Å². The fourth-order valence-electron chi connectivity index (χ4n) is 3.85. The molecule has 1 fully saturated rings. The van der Waals surface area contributed by atoms with Gasteiger partial charge in [-0.1, -0.05) is 24.3 Å². The molecule has 0 radical (unpaired) electrons. The third kappa shape index (κ3) is 5.84. The molecule has 34 heavy (non-hydrogen) atoms. The molecule has 0 amide bonds. The lowest BCUT2D eigenvalue weighted by atomic mass is 10.1. The van der Waals surface area contributed by atoms with Crippen LogP contribution in [0.3, 0.4) is 0 Å². The SMILES string of the molecule is COc1ccc(CNc2nc(N)nc(CN3CCN(c4ccccc4C(F)(F)F)CC3)n2)cc1. The van der Waals surface area contributed by atoms with Gasteiger partial charge in [-0.05, 0) is 29.8 Å². The van der Waals surface area contributed by atoms with E-state index >= 15 is 0 Å². The number of nitrogens with one attached hydrogen (secondary N) is 1. The normalized spacial score (nSPS) is 14.8. The molecule has 0 aliphatic carbocycles. The minimum Gasteiger partial charge on any atom is -0.497 e. The molecule has 3 N–H and O–H groups in total. The first-order chi connectivity index (χ1) is 16.3. The summed E-state index contributed by atoms with van der Waals surface area (Å²) >= 11 is 0. The Labute approximate surface area is 195 Å². The zero-order valence-electron chi connectivity index (χ0n) is 18.7. The zero-order chi connectivity index (χ0) is 24.1. The molecule has 8 nitrogen and oxygen atoms in total. The summed E-state index contributed by atoms with van der Waals surface area (Å²) in [6.07, 6.45) is -4.38. The minimum absolute atomic E-state index is 0.111. The molecule has 1 aromatic heterocycles. The van der Waals surface area contributed by atoms with Crippen LogP contribution >= 0.6 is 0 Å². The van der Waals surface area contributed by atoms with Crippen LogP contribution in [-0.4, -0.2) is 53.1 Å². The Kier molecular flexibility index (Phi) is 7.01. The topological polar surface area (TPSA) is 92.4 Å². The number of rotatable bonds is 7. The van der Waals surface area contributed by atoms with Gasteiger partial charge in [0.1, 0.15) is 11.6 Å². The number of nitrogens with two attached hydrogens (primary N) is 1. The van der Waals surface area contributed by atoms with Crippen molar-refractivity contribution >= 4 is 17.6 Å². The molecule has 11 heteroatoms. The lowest BCUT2D eigenvalue weighted by Crippen LogP contribution is -2.46. The number of aromatic nitrogens is 3. The van der Waals surface area contributed by atoms with Gasteiger partial charge < -0.3 is 20.7 Å². The van der Waals surface area contributed by atoms with Gasteiger partial charge in [-0.3, -0.25) is 4.90 Å². The largest absolute Gasteiger partial charge is 0.497 e. The van der Waals surface area contributed by atoms with Crippen molar-refractivity contribution in [3.8, 4) is 5.75 Å². The fraction of sp³-hybridized carbons (Fsp3) is 0.348. The lowest BCUT2D eigenvalue weighted by Gasteiger charge is -2.36. The molecule has 180 valence electrons. The Morgan fingerprint density at radius 3 is 2.35 bits per heavy atom. The van der Waals surface area contributed by atoms with Crippen LogP contribution < -0.4 is 20.7 Å². The molecule has 1 aliphatic heterocycles. The highest BCUT2D eigenvalue weighted by Crippen LogP contribution is 2.36. The summed E-state index contributed by atoms with van der Waals surface area (Å²) in [5, 5.41) is 3.15. The Balaban J connectivity index is 1.35. The number of para-hydroxylation sites is 1. The molecule has 1 saturated heterocycles. The number of hydrogen-bond donors (Lipinski definition) is 2. The van der Waals surface area contributed by atoms with Crippen LogP contribution in [-0.2, 0) is 19.3 Å². The second-order valence-electron chi connectivity index (χ2n) is 7.91. The van der Waals surface area contributed by atoms with Gasteiger partial charge in [0.05, 0.1) is 19.2 Å². The maximum absolute atomic E-state index is 13.4. The molecule has 4 rings (SSSR count). The predicted molar refractivity (Wildman–Crippen MR) is 123 cm³/mol. The Morgan fingerprint density at radius 2 is 1.68 bits per heavy atom. The Bertz CT molecular complexity index is 1100. The molecular formula is C23H26F3N7O. The number of alkyl halides is 3. The summed E-state index contributed by atoms with van der Waals surface area (Å²) in [4.78, 5) is 16.7. The average Bonchev–Trinajstić information content (AvgIpc) is 2.83. The van der Waals surface area contributed by atoms with Crippen LogP contribution in [0, 0.1) is 0 Å². The van der Waals surface area contributed by atoms with Crippen molar-refractivity contribution in [1.82, 2.24) is 19.9 Å². The summed E-state index contributed by atoms with van der Waals surface area (Å²) in [6, 6.07) is 13.3. The standard InChI is InChI=1S/C23H26F3N7O/c1-34-17-8-6-16(7-9-17)14-28-22-30-20(29-21(27)31-22)15-32-10-12-33(13-11-32)19-5-3-2-4-18(19)23(24,25)26/h2-9H,10-15H2,1H3,(H3,27,28,29,30,31). The maximum atomic E-state index is 13.4. The van der Waals surface area contributed by atoms with Gasteiger partial charge in [0.15, 0.2) is 0 Å². The maximum Gasteiger partial charge on any atom is 0.418 e. The molecule has 2 aromatic carbocycles. The number of methoxy groups -OCH3 is 1. The van der Waals surface area contributed by atoms with E-state index in [4.69, 9.17) is 10.5 Å². The molecule has 3 aromatic rings. The molecule has 0 atom stereocenters. The van der Waals surface area contributed by atoms with E-state index in [-0.39, 0.29) is 11.6 Å². The van der Waals surface area contributed by atoms with Crippen LogP contribution in [0.25, 0.3) is 0 Å². The summed E-state index contributed by atoms with van der Waals surface area (Å²) in [5.41, 5.74) is 6.50. The van der Waals surface area contributed by atoms with Crippen molar-refractivity contribution in [3.63, 3.8) is 0 Å². The Hall–Kier alpha value is -3.60. The predicted octanol–water partition coefficient (Wildman–Crippen LogP) is 3.42. The van der Waals surface area contributed by atoms with Gasteiger partial charge in [0.25, 0.3) is 0 Å². The first kappa shape index (κ1) is 23.6. The molecule has 0 spiro atoms. The first-order valence-electron chi connectivity index (χ1n) is 10.8. The smallest absolute Gasteiger partial charge is 0.418 e. The number of benzene rings is 2. The number of piperazine rings is 1. The number of nitrogen functional groups attached to an aromatic ring is 1. The van der Waals surface area contributed by atoms with Crippen molar-refractivity contribution in [3.05, 3.63) is 65.5 Å². The van der Waals surface area contributed by atoms with Crippen LogP contribution in [0.4, 0.5) is 30.8 Å². The van der Waals surface area contributed by atoms with Crippen molar-refractivity contribution < 1.29 is 17.9 Å². The monoisotopic (exact) mass is 473 g/mol. The quantitative estimate of drug-likeness (QED) is 0.540. The average molecular weight is 474 g/mol. The third-order valence-electron chi connectivity index (χ3n) is 5.60. The van der Waals surface area contributed by atoms with Crippen LogP contribution in [0.15, 0.2) is 48.5 Å². The van der Waals surface area contributed by atoms with E-state index in [9.17, 15) is 13.2 Å². The molecule has 0 saturated carbocycles. The molecule has 2 heterocycles. The first-order valence-corrected chi connectivity index (χ1v) is 10.8. The number of halogens is 3. The van der Waals surface area contributed by atoms with Gasteiger partial charge in [0, 0.05) is 38.4 Å². The zero-order valence-corrected chi connectivity index (χ0v) is 18.7. The highest BCUT2D eigenvalue weighted by molar-refractivity contribution is 5.55. The summed E-state index contributed by atoms with van der Waals surface area (Å²) < 4.78 is 45.3. The third-order valence-corrected chi connectivity index (χ3v) is 5.60. The van der Waals surface area contributed by atoms with Crippen molar-refractivity contribution in [1.29, 1.82) is 0 Å². The summed E-state index contributed by atoms with van der Waals surface area (Å²) in [7, 11) is 1.61. The fourth-order valence-corrected chi connectivity index (χ4v) is 3.85. The van der Waals surface area contributed by atoms with Crippen LogP contribution in [0.2, 0.25) is 0 Å². The molecule has 1 aliphatic rings. The van der Waals surface area contributed by atoms with E-state index in [1.54, 1.807) is 18.1 Å². The second-order valence-corrected chi connectivity index (χ2v) is 7.91. The highest BCUT2D eigenvalue weighted by Gasteiger charge is 2.35. The molecule has 0 bridgehead atoms. The lowest BCUT2D eigenvalue weighted by molar-refractivity contribution is -0.137. The summed E-state index contributed by atoms with van der Waals surface area (Å²) in [6.45, 7) is 3.02. The van der Waals surface area contributed by atoms with E-state index in [1.165, 1.54) is 12.1 Å². The number of ether oxygens (including phenoxy) is 1. The van der Waals surface area contributed by atoms with Crippen molar-refractivity contribution in [2.75, 3.05) is 49.2 Å². The van der Waals surface area contributed by atoms with Crippen LogP contribution in [0.1, 0.15) is 17.0 Å². The molecular weight excluding hydrogens is 447 g/mol. The van der Waals surface area contributed by atoms with Gasteiger partial charge in [0.2, 0.25) is 11.9 Å². The van der Waals surface area contributed by atoms with Gasteiger partial charge >= 0.3 is 6.18 Å². The minimum atomic E-state index is -4.38. The van der Waals surface area contributed by atoms with Crippen LogP contribution in [0.5, 0.6) is 5.75 Å². The number of nitrogens with zero attached hydrogens (tertiary/aromatic N) is 5. The molecule has 0 unspecified atom stereocenters. The van der Waals surface area contributed by atoms with E-state index < -0.39 is 11.7 Å². The van der Waals surface area contributed by atoms with E-state index in [0.717, 1.165) is 17.4 Å². The highest BCUT2D eigenvalue weighted by atomic mass is 19.4. The van der Waals surface area contributed by atoms with Gasteiger partial charge in [-0.2, -0.15) is 28.1 Å². The Morgan fingerprint density at radius 1 is 0.971 bits per heavy atom. The van der Waals surface area contributed by atoms with E-state index in [1.807, 2.05) is 24.3 Å². The van der Waals surface area contributed by atoms with Gasteiger partial charge in [-0.15, -0.1) is 0 Å². The van der Waals surface area contributed by atoms with Crippen molar-refractivity contribution in [2.45, 2.75) is 19.3 Å². The van der Waals surface area contributed by atoms with E-state index in [2.05, 4.69) is 25.2 Å². The number of anilines is 3. The summed E-state index contributed by atoms with van der Waals surface area (Å²) in [5.74, 6) is 1.77.